The van der Waals surface area contributed by atoms with E-state index in [1.54, 1.807) is 18.3 Å². The van der Waals surface area contributed by atoms with Crippen LogP contribution in [0.15, 0.2) is 66.9 Å². The molecule has 0 saturated carbocycles. The first-order valence-corrected chi connectivity index (χ1v) is 11.1. The van der Waals surface area contributed by atoms with E-state index in [2.05, 4.69) is 9.88 Å². The number of nitrogens with two attached hydrogens (primary N) is 1. The highest BCUT2D eigenvalue weighted by Gasteiger charge is 2.26. The lowest BCUT2D eigenvalue weighted by molar-refractivity contribution is 0.0720. The monoisotopic (exact) mass is 447 g/mol. The fourth-order valence-electron chi connectivity index (χ4n) is 4.09. The van der Waals surface area contributed by atoms with E-state index in [0.717, 1.165) is 30.6 Å². The summed E-state index contributed by atoms with van der Waals surface area (Å²) >= 11 is 0. The second kappa shape index (κ2) is 10.5. The maximum Gasteiger partial charge on any atom is 0.249 e. The number of nitrogens with zero attached hydrogens (tertiary/aromatic N) is 2. The molecule has 0 spiro atoms. The number of benzene rings is 2. The van der Waals surface area contributed by atoms with Crippen molar-refractivity contribution in [3.8, 4) is 22.8 Å². The lowest BCUT2D eigenvalue weighted by Gasteiger charge is -2.21. The molecule has 4 rings (SSSR count). The third-order valence-corrected chi connectivity index (χ3v) is 5.68. The van der Waals surface area contributed by atoms with Crippen molar-refractivity contribution in [3.05, 3.63) is 78.0 Å². The number of carbonyl (C=O) groups excluding carboxylic acids is 1. The fraction of sp³-hybridized carbons (Fsp3) is 0.308. The molecule has 0 radical (unpaired) electrons. The smallest absolute Gasteiger partial charge is 0.249 e. The number of aliphatic hydroxyl groups is 1. The van der Waals surface area contributed by atoms with Gasteiger partial charge in [0.2, 0.25) is 11.8 Å². The number of primary amides is 1. The Morgan fingerprint density at radius 2 is 1.94 bits per heavy atom. The summed E-state index contributed by atoms with van der Waals surface area (Å²) in [6.45, 7) is 4.21. The lowest BCUT2D eigenvalue weighted by Crippen LogP contribution is -2.35. The van der Waals surface area contributed by atoms with E-state index < -0.39 is 12.0 Å². The second-order valence-electron chi connectivity index (χ2n) is 8.33. The Labute approximate surface area is 193 Å². The van der Waals surface area contributed by atoms with Crippen LogP contribution < -0.4 is 15.2 Å². The highest BCUT2D eigenvalue weighted by Crippen LogP contribution is 2.32. The summed E-state index contributed by atoms with van der Waals surface area (Å²) in [4.78, 5) is 18.3. The van der Waals surface area contributed by atoms with Gasteiger partial charge in [0.1, 0.15) is 24.6 Å². The van der Waals surface area contributed by atoms with E-state index in [4.69, 9.17) is 15.2 Å². The summed E-state index contributed by atoms with van der Waals surface area (Å²) in [5.74, 6) is 0.740. The van der Waals surface area contributed by atoms with Crippen molar-refractivity contribution in [1.29, 1.82) is 0 Å². The predicted molar refractivity (Wildman–Crippen MR) is 126 cm³/mol. The zero-order valence-corrected chi connectivity index (χ0v) is 18.7. The zero-order valence-electron chi connectivity index (χ0n) is 18.7. The first-order valence-electron chi connectivity index (χ1n) is 11.1. The molecule has 3 N–H and O–H groups in total. The third kappa shape index (κ3) is 5.88. The average molecular weight is 448 g/mol. The molecule has 7 nitrogen and oxygen atoms in total. The standard InChI is InChI=1S/C26H29N3O4/c1-18-10-12-28-25(14-18)33-20-11-13-29(16-20)15-19(30)17-32-24-9-5-4-7-22(24)21-6-2-3-8-23(21)26(27)31/h2-10,12,14,19-20,30H,11,13,15-17H2,1H3,(H2,27,31). The van der Waals surface area contributed by atoms with Gasteiger partial charge in [-0.2, -0.15) is 0 Å². The van der Waals surface area contributed by atoms with Gasteiger partial charge in [-0.3, -0.25) is 9.69 Å². The van der Waals surface area contributed by atoms with Gasteiger partial charge in [0.25, 0.3) is 0 Å². The number of pyridine rings is 1. The van der Waals surface area contributed by atoms with Crippen LogP contribution in [0.3, 0.4) is 0 Å². The SMILES string of the molecule is Cc1ccnc(OC2CCN(CC(O)COc3ccccc3-c3ccccc3C(N)=O)C2)c1. The minimum atomic E-state index is -0.666. The quantitative estimate of drug-likeness (QED) is 0.523. The maximum atomic E-state index is 11.8. The zero-order chi connectivity index (χ0) is 23.2. The van der Waals surface area contributed by atoms with Crippen LogP contribution in [0.2, 0.25) is 0 Å². The number of aliphatic hydroxyl groups excluding tert-OH is 1. The summed E-state index contributed by atoms with van der Waals surface area (Å²) < 4.78 is 12.0. The first-order chi connectivity index (χ1) is 16.0. The molecule has 172 valence electrons. The molecule has 2 unspecified atom stereocenters. The normalized spacial score (nSPS) is 17.0. The number of hydrogen-bond acceptors (Lipinski definition) is 6. The number of ether oxygens (including phenoxy) is 2. The van der Waals surface area contributed by atoms with Gasteiger partial charge >= 0.3 is 0 Å². The first kappa shape index (κ1) is 22.8. The minimum absolute atomic E-state index is 0.0541. The fourth-order valence-corrected chi connectivity index (χ4v) is 4.09. The molecular formula is C26H29N3O4. The predicted octanol–water partition coefficient (Wildman–Crippen LogP) is 3.05. The Balaban J connectivity index is 1.33. The van der Waals surface area contributed by atoms with Gasteiger partial charge in [-0.25, -0.2) is 4.98 Å². The molecule has 7 heteroatoms. The number of hydrogen-bond donors (Lipinski definition) is 2. The molecule has 1 saturated heterocycles. The molecule has 1 aromatic heterocycles. The van der Waals surface area contributed by atoms with Gasteiger partial charge in [0.15, 0.2) is 0 Å². The Morgan fingerprint density at radius 3 is 2.73 bits per heavy atom. The number of aromatic nitrogens is 1. The van der Waals surface area contributed by atoms with Crippen molar-refractivity contribution in [2.45, 2.75) is 25.6 Å². The van der Waals surface area contributed by atoms with Gasteiger partial charge in [-0.15, -0.1) is 0 Å². The van der Waals surface area contributed by atoms with E-state index in [0.29, 0.717) is 29.3 Å². The molecule has 1 fully saturated rings. The number of amides is 1. The van der Waals surface area contributed by atoms with Crippen LogP contribution in [0.4, 0.5) is 0 Å². The van der Waals surface area contributed by atoms with Crippen LogP contribution in [0.1, 0.15) is 22.3 Å². The van der Waals surface area contributed by atoms with Gasteiger partial charge < -0.3 is 20.3 Å². The van der Waals surface area contributed by atoms with Crippen LogP contribution >= 0.6 is 0 Å². The Hall–Kier alpha value is -3.42. The molecule has 33 heavy (non-hydrogen) atoms. The van der Waals surface area contributed by atoms with Crippen molar-refractivity contribution in [2.24, 2.45) is 5.73 Å². The molecule has 1 amide bonds. The lowest BCUT2D eigenvalue weighted by atomic mass is 9.98. The number of β-amino-alcohol motifs (C(OH)–C–C–N with tert-alkyl or cyclic N) is 1. The number of carbonyl (C=O) groups is 1. The molecule has 1 aliphatic heterocycles. The van der Waals surface area contributed by atoms with Crippen LogP contribution in [0.25, 0.3) is 11.1 Å². The van der Waals surface area contributed by atoms with Gasteiger partial charge in [-0.05, 0) is 42.7 Å². The van der Waals surface area contributed by atoms with Crippen LogP contribution in [0, 0.1) is 6.92 Å². The van der Waals surface area contributed by atoms with Crippen LogP contribution in [-0.4, -0.2) is 59.3 Å². The highest BCUT2D eigenvalue weighted by atomic mass is 16.5. The van der Waals surface area contributed by atoms with Crippen molar-refractivity contribution in [3.63, 3.8) is 0 Å². The molecule has 0 bridgehead atoms. The molecular weight excluding hydrogens is 418 g/mol. The summed E-state index contributed by atoms with van der Waals surface area (Å²) in [6, 6.07) is 18.5. The Bertz CT molecular complexity index is 1100. The van der Waals surface area contributed by atoms with E-state index in [9.17, 15) is 9.90 Å². The molecule has 2 aromatic carbocycles. The Morgan fingerprint density at radius 1 is 1.18 bits per heavy atom. The maximum absolute atomic E-state index is 11.8. The summed E-state index contributed by atoms with van der Waals surface area (Å²) in [7, 11) is 0. The van der Waals surface area contributed by atoms with E-state index in [1.165, 1.54) is 0 Å². The summed E-state index contributed by atoms with van der Waals surface area (Å²) in [5, 5.41) is 10.6. The number of rotatable bonds is 9. The molecule has 2 atom stereocenters. The van der Waals surface area contributed by atoms with Crippen molar-refractivity contribution in [2.75, 3.05) is 26.2 Å². The van der Waals surface area contributed by atoms with Gasteiger partial charge in [0, 0.05) is 43.0 Å². The largest absolute Gasteiger partial charge is 0.490 e. The molecule has 2 heterocycles. The van der Waals surface area contributed by atoms with E-state index >= 15 is 0 Å². The van der Waals surface area contributed by atoms with Crippen molar-refractivity contribution < 1.29 is 19.4 Å². The summed E-state index contributed by atoms with van der Waals surface area (Å²) in [5.41, 5.74) is 8.56. The van der Waals surface area contributed by atoms with Gasteiger partial charge in [0.05, 0.1) is 0 Å². The third-order valence-electron chi connectivity index (χ3n) is 5.68. The minimum Gasteiger partial charge on any atom is -0.490 e. The number of likely N-dealkylation sites (tertiary alicyclic amines) is 1. The van der Waals surface area contributed by atoms with Crippen molar-refractivity contribution >= 4 is 5.91 Å². The molecule has 1 aliphatic rings. The number of para-hydroxylation sites is 1. The average Bonchev–Trinajstić information content (AvgIpc) is 3.24. The van der Waals surface area contributed by atoms with Gasteiger partial charge in [-0.1, -0.05) is 36.4 Å². The highest BCUT2D eigenvalue weighted by molar-refractivity contribution is 6.00. The van der Waals surface area contributed by atoms with E-state index in [-0.39, 0.29) is 12.7 Å². The topological polar surface area (TPSA) is 97.9 Å². The van der Waals surface area contributed by atoms with Crippen LogP contribution in [-0.2, 0) is 0 Å². The van der Waals surface area contributed by atoms with E-state index in [1.807, 2.05) is 55.5 Å². The summed E-state index contributed by atoms with van der Waals surface area (Å²) in [6.07, 6.45) is 2.02. The Kier molecular flexibility index (Phi) is 7.22. The number of aryl methyl sites for hydroxylation is 1. The van der Waals surface area contributed by atoms with Crippen LogP contribution in [0.5, 0.6) is 11.6 Å². The second-order valence-corrected chi connectivity index (χ2v) is 8.33. The molecule has 0 aliphatic carbocycles. The van der Waals surface area contributed by atoms with Crippen molar-refractivity contribution in [1.82, 2.24) is 9.88 Å². The molecule has 3 aromatic rings.